The van der Waals surface area contributed by atoms with E-state index < -0.39 is 21.5 Å². The van der Waals surface area contributed by atoms with Crippen molar-refractivity contribution in [3.63, 3.8) is 0 Å². The third-order valence-electron chi connectivity index (χ3n) is 11.7. The summed E-state index contributed by atoms with van der Waals surface area (Å²) in [5, 5.41) is 6.23. The van der Waals surface area contributed by atoms with Crippen LogP contribution in [0.3, 0.4) is 0 Å². The summed E-state index contributed by atoms with van der Waals surface area (Å²) in [5.74, 6) is 1.19. The van der Waals surface area contributed by atoms with Crippen molar-refractivity contribution in [1.82, 2.24) is 19.1 Å². The van der Waals surface area contributed by atoms with E-state index in [1.165, 1.54) is 12.0 Å². The standard InChI is InChI=1S/C35H43N5O5S/c1-38-18-23-9-6-14-39(30(23)19-38)34(42)35-17-28(35)27-16-24(45-2)11-13-25(27)32-31(21-7-4-3-5-8-21)26-12-10-22(15-29(26)40(32)20-35)33(41)37-46(36,43)44/h10-13,15-16,21,23,28,30H,3-9,14,17-20H2,1-2H3,(H,37,41)(H2,36,43,44). The molecule has 4 heterocycles. The average molecular weight is 646 g/mol. The Morgan fingerprint density at radius 1 is 1.02 bits per heavy atom. The summed E-state index contributed by atoms with van der Waals surface area (Å²) in [6, 6.07) is 12.0. The number of hydrogen-bond donors (Lipinski definition) is 2. The number of fused-ring (bicyclic) bond motifs is 8. The second-order valence-corrected chi connectivity index (χ2v) is 15.7. The van der Waals surface area contributed by atoms with Crippen LogP contribution >= 0.6 is 0 Å². The minimum absolute atomic E-state index is 0.0626. The minimum atomic E-state index is -4.23. The zero-order valence-electron chi connectivity index (χ0n) is 26.6. The van der Waals surface area contributed by atoms with Crippen molar-refractivity contribution in [2.75, 3.05) is 33.8 Å². The van der Waals surface area contributed by atoms with Gasteiger partial charge in [-0.1, -0.05) is 25.3 Å². The fourth-order valence-corrected chi connectivity index (χ4v) is 9.92. The van der Waals surface area contributed by atoms with E-state index in [1.807, 2.05) is 16.9 Å². The highest BCUT2D eigenvalue weighted by Gasteiger charge is 2.65. The van der Waals surface area contributed by atoms with E-state index in [0.29, 0.717) is 18.4 Å². The van der Waals surface area contributed by atoms with Crippen molar-refractivity contribution in [1.29, 1.82) is 0 Å². The number of hydrogen-bond acceptors (Lipinski definition) is 6. The maximum atomic E-state index is 15.0. The number of nitrogens with two attached hydrogens (primary N) is 1. The molecule has 10 nitrogen and oxygen atoms in total. The van der Waals surface area contributed by atoms with Gasteiger partial charge >= 0.3 is 0 Å². The number of aromatic nitrogens is 1. The van der Waals surface area contributed by atoms with E-state index in [2.05, 4.69) is 33.5 Å². The first-order valence-electron chi connectivity index (χ1n) is 16.8. The number of likely N-dealkylation sites (tertiary alicyclic amines) is 2. The highest BCUT2D eigenvalue weighted by Crippen LogP contribution is 2.66. The summed E-state index contributed by atoms with van der Waals surface area (Å²) >= 11 is 0. The lowest BCUT2D eigenvalue weighted by Crippen LogP contribution is -2.52. The normalized spacial score (nSPS) is 27.7. The van der Waals surface area contributed by atoms with Gasteiger partial charge in [0.1, 0.15) is 5.75 Å². The summed E-state index contributed by atoms with van der Waals surface area (Å²) in [4.78, 5) is 32.6. The van der Waals surface area contributed by atoms with Gasteiger partial charge in [0.2, 0.25) is 5.91 Å². The maximum absolute atomic E-state index is 15.0. The number of carbonyl (C=O) groups is 2. The molecule has 0 bridgehead atoms. The molecule has 11 heteroatoms. The fourth-order valence-electron chi connectivity index (χ4n) is 9.54. The first-order chi connectivity index (χ1) is 22.1. The zero-order valence-corrected chi connectivity index (χ0v) is 27.4. The number of ether oxygens (including phenoxy) is 1. The van der Waals surface area contributed by atoms with Crippen molar-refractivity contribution < 1.29 is 22.7 Å². The van der Waals surface area contributed by atoms with Crippen LogP contribution < -0.4 is 14.6 Å². The highest BCUT2D eigenvalue weighted by molar-refractivity contribution is 7.87. The molecule has 4 fully saturated rings. The molecule has 0 radical (unpaired) electrons. The summed E-state index contributed by atoms with van der Waals surface area (Å²) in [5.41, 5.74) is 5.16. The minimum Gasteiger partial charge on any atom is -0.497 e. The lowest BCUT2D eigenvalue weighted by molar-refractivity contribution is -0.142. The summed E-state index contributed by atoms with van der Waals surface area (Å²) in [6.45, 7) is 3.24. The number of nitrogens with zero attached hydrogens (tertiary/aromatic N) is 3. The van der Waals surface area contributed by atoms with Crippen molar-refractivity contribution in [2.24, 2.45) is 16.5 Å². The fraction of sp³-hybridized carbons (Fsp3) is 0.543. The van der Waals surface area contributed by atoms with Gasteiger partial charge in [-0.3, -0.25) is 9.59 Å². The number of benzene rings is 2. The second-order valence-electron chi connectivity index (χ2n) is 14.4. The van der Waals surface area contributed by atoms with E-state index in [-0.39, 0.29) is 23.4 Å². The van der Waals surface area contributed by atoms with Gasteiger partial charge in [-0.05, 0) is 92.4 Å². The molecular weight excluding hydrogens is 602 g/mol. The Hall–Kier alpha value is -3.41. The summed E-state index contributed by atoms with van der Waals surface area (Å²) < 4.78 is 33.5. The molecule has 3 aromatic rings. The van der Waals surface area contributed by atoms with Crippen LogP contribution in [-0.2, 0) is 21.5 Å². The molecule has 2 aliphatic carbocycles. The monoisotopic (exact) mass is 645 g/mol. The smallest absolute Gasteiger partial charge is 0.298 e. The zero-order chi connectivity index (χ0) is 32.0. The van der Waals surface area contributed by atoms with Gasteiger partial charge in [-0.25, -0.2) is 9.86 Å². The molecule has 4 unspecified atom stereocenters. The van der Waals surface area contributed by atoms with E-state index in [9.17, 15) is 18.0 Å². The molecule has 0 spiro atoms. The number of nitrogens with one attached hydrogen (secondary N) is 1. The Morgan fingerprint density at radius 3 is 2.59 bits per heavy atom. The van der Waals surface area contributed by atoms with Crippen molar-refractivity contribution in [3.8, 4) is 17.0 Å². The quantitative estimate of drug-likeness (QED) is 0.425. The Bertz CT molecular complexity index is 1860. The number of likely N-dealkylation sites (N-methyl/N-ethyl adjacent to an activating group) is 1. The van der Waals surface area contributed by atoms with Gasteiger partial charge in [-0.15, -0.1) is 0 Å². The molecular formula is C35H43N5O5S. The van der Waals surface area contributed by atoms with Gasteiger partial charge in [0.05, 0.1) is 18.2 Å². The van der Waals surface area contributed by atoms with Crippen LogP contribution in [0.1, 0.15) is 84.7 Å². The first-order valence-corrected chi connectivity index (χ1v) is 18.3. The topological polar surface area (TPSA) is 127 Å². The molecule has 2 saturated carbocycles. The molecule has 2 amide bonds. The second kappa shape index (κ2) is 10.8. The van der Waals surface area contributed by atoms with Crippen LogP contribution in [0.2, 0.25) is 0 Å². The summed E-state index contributed by atoms with van der Waals surface area (Å²) in [7, 11) is -0.383. The molecule has 3 N–H and O–H groups in total. The highest BCUT2D eigenvalue weighted by atomic mass is 32.2. The Kier molecular flexibility index (Phi) is 7.04. The van der Waals surface area contributed by atoms with Crippen LogP contribution in [-0.4, -0.2) is 74.4 Å². The molecule has 2 aromatic carbocycles. The van der Waals surface area contributed by atoms with Crippen LogP contribution in [0.4, 0.5) is 0 Å². The van der Waals surface area contributed by atoms with E-state index in [4.69, 9.17) is 9.88 Å². The molecule has 1 aromatic heterocycles. The molecule has 3 aliphatic heterocycles. The number of methoxy groups -OCH3 is 1. The van der Waals surface area contributed by atoms with Gasteiger partial charge in [-0.2, -0.15) is 8.42 Å². The van der Waals surface area contributed by atoms with Crippen LogP contribution in [0.25, 0.3) is 22.2 Å². The van der Waals surface area contributed by atoms with Crippen molar-refractivity contribution in [3.05, 3.63) is 53.1 Å². The van der Waals surface area contributed by atoms with Crippen LogP contribution in [0, 0.1) is 11.3 Å². The first kappa shape index (κ1) is 30.0. The van der Waals surface area contributed by atoms with Crippen molar-refractivity contribution >= 4 is 32.9 Å². The van der Waals surface area contributed by atoms with Crippen LogP contribution in [0.15, 0.2) is 36.4 Å². The number of piperidine rings is 1. The lowest BCUT2D eigenvalue weighted by atomic mass is 9.81. The maximum Gasteiger partial charge on any atom is 0.298 e. The van der Waals surface area contributed by atoms with Gasteiger partial charge < -0.3 is 19.1 Å². The number of amides is 2. The van der Waals surface area contributed by atoms with Gasteiger partial charge in [0.15, 0.2) is 0 Å². The molecule has 46 heavy (non-hydrogen) atoms. The van der Waals surface area contributed by atoms with E-state index in [0.717, 1.165) is 98.1 Å². The SMILES string of the molecule is COc1ccc2c(c1)C1CC1(C(=O)N1CCCC3CN(C)CC31)Cn1c-2c(C2CCCCC2)c2ccc(C(=O)NS(N)(=O)=O)cc21. The van der Waals surface area contributed by atoms with E-state index in [1.54, 1.807) is 19.2 Å². The predicted octanol–water partition coefficient (Wildman–Crippen LogP) is 4.34. The Labute approximate surface area is 270 Å². The lowest BCUT2D eigenvalue weighted by Gasteiger charge is -2.39. The Balaban J connectivity index is 1.33. The molecule has 4 atom stereocenters. The Morgan fingerprint density at radius 2 is 1.83 bits per heavy atom. The largest absolute Gasteiger partial charge is 0.497 e. The average Bonchev–Trinajstić information content (AvgIpc) is 3.54. The van der Waals surface area contributed by atoms with E-state index >= 15 is 0 Å². The molecule has 8 rings (SSSR count). The third kappa shape index (κ3) is 4.76. The third-order valence-corrected chi connectivity index (χ3v) is 12.1. The molecule has 2 saturated heterocycles. The number of carbonyl (C=O) groups excluding carboxylic acids is 2. The molecule has 5 aliphatic rings. The predicted molar refractivity (Wildman–Crippen MR) is 176 cm³/mol. The van der Waals surface area contributed by atoms with Gasteiger partial charge in [0.25, 0.3) is 16.1 Å². The van der Waals surface area contributed by atoms with Crippen LogP contribution in [0.5, 0.6) is 5.75 Å². The molecule has 244 valence electrons. The number of rotatable bonds is 5. The van der Waals surface area contributed by atoms with Crippen molar-refractivity contribution in [2.45, 2.75) is 75.8 Å². The summed E-state index contributed by atoms with van der Waals surface area (Å²) in [6.07, 6.45) is 8.68. The van der Waals surface area contributed by atoms with Gasteiger partial charge in [0, 0.05) is 60.2 Å².